The zero-order valence-corrected chi connectivity index (χ0v) is 14.5. The van der Waals surface area contributed by atoms with E-state index in [1.807, 2.05) is 0 Å². The number of aliphatic carboxylic acids is 1. The number of nitro groups is 1. The van der Waals surface area contributed by atoms with Gasteiger partial charge < -0.3 is 15.3 Å². The van der Waals surface area contributed by atoms with Crippen LogP contribution in [0.2, 0.25) is 0 Å². The number of aromatic hydroxyl groups is 1. The average Bonchev–Trinajstić information content (AvgIpc) is 2.68. The van der Waals surface area contributed by atoms with Crippen LogP contribution in [0.1, 0.15) is 10.4 Å². The van der Waals surface area contributed by atoms with Gasteiger partial charge in [0.15, 0.2) is 0 Å². The van der Waals surface area contributed by atoms with E-state index in [1.165, 1.54) is 30.3 Å². The maximum atomic E-state index is 12.5. The zero-order chi connectivity index (χ0) is 21.3. The topological polar surface area (TPSA) is 158 Å². The van der Waals surface area contributed by atoms with Crippen molar-refractivity contribution in [1.82, 2.24) is 0 Å². The van der Waals surface area contributed by atoms with Crippen molar-refractivity contribution >= 4 is 45.7 Å². The van der Waals surface area contributed by atoms with Crippen molar-refractivity contribution in [3.8, 4) is 5.75 Å². The highest BCUT2D eigenvalue weighted by atomic mass is 16.6. The number of carboxylic acids is 2. The molecule has 10 nitrogen and oxygen atoms in total. The van der Waals surface area contributed by atoms with Crippen LogP contribution < -0.4 is 4.90 Å². The number of amides is 1. The third-order valence-electron chi connectivity index (χ3n) is 4.13. The van der Waals surface area contributed by atoms with Crippen LogP contribution in [0.15, 0.2) is 54.6 Å². The van der Waals surface area contributed by atoms with Gasteiger partial charge in [0, 0.05) is 17.5 Å². The molecule has 3 aromatic rings. The lowest BCUT2D eigenvalue weighted by Crippen LogP contribution is -2.33. The molecule has 0 fully saturated rings. The minimum atomic E-state index is -1.90. The molecule has 3 rings (SSSR count). The largest absolute Gasteiger partial charge is 0.508 e. The third kappa shape index (κ3) is 3.54. The Morgan fingerprint density at radius 2 is 1.66 bits per heavy atom. The van der Waals surface area contributed by atoms with Gasteiger partial charge in [0.05, 0.1) is 21.9 Å². The van der Waals surface area contributed by atoms with E-state index in [0.29, 0.717) is 10.3 Å². The summed E-state index contributed by atoms with van der Waals surface area (Å²) in [6.45, 7) is 0. The second kappa shape index (κ2) is 7.27. The predicted molar refractivity (Wildman–Crippen MR) is 100 cm³/mol. The summed E-state index contributed by atoms with van der Waals surface area (Å²) in [6.07, 6.45) is 0. The summed E-state index contributed by atoms with van der Waals surface area (Å²) in [5, 5.41) is 40.5. The number of nitro benzene ring substituents is 1. The number of rotatable bonds is 4. The van der Waals surface area contributed by atoms with Crippen LogP contribution in [0, 0.1) is 10.1 Å². The summed E-state index contributed by atoms with van der Waals surface area (Å²) in [5.41, 5.74) is -1.60. The number of nitrogens with zero attached hydrogens (tertiary/aromatic N) is 2. The molecule has 0 saturated carbocycles. The fourth-order valence-electron chi connectivity index (χ4n) is 2.88. The first-order chi connectivity index (χ1) is 13.7. The predicted octanol–water partition coefficient (Wildman–Crippen LogP) is 2.90. The lowest BCUT2D eigenvalue weighted by Gasteiger charge is -2.24. The second-order valence-electron chi connectivity index (χ2n) is 5.89. The Bertz CT molecular complexity index is 1190. The summed E-state index contributed by atoms with van der Waals surface area (Å²) in [7, 11) is 0. The standard InChI is InChI=1S/C19H12N2O8/c22-12-6-4-10-2-1-3-15(14(10)9-12)20(17(23)19(26)27)16-8-11(21(28)29)5-7-13(16)18(24)25/h1-9,22H,(H,24,25)(H,26,27). The van der Waals surface area contributed by atoms with Gasteiger partial charge in [-0.25, -0.2) is 9.59 Å². The van der Waals surface area contributed by atoms with Gasteiger partial charge in [0.25, 0.3) is 5.69 Å². The summed E-state index contributed by atoms with van der Waals surface area (Å²) < 4.78 is 0. The SMILES string of the molecule is O=C(O)C(=O)N(c1cc([N+](=O)[O-])ccc1C(=O)O)c1cccc2ccc(O)cc12. The quantitative estimate of drug-likeness (QED) is 0.345. The van der Waals surface area contributed by atoms with Crippen LogP contribution >= 0.6 is 0 Å². The molecule has 0 aliphatic carbocycles. The maximum absolute atomic E-state index is 12.5. The smallest absolute Gasteiger partial charge is 0.395 e. The lowest BCUT2D eigenvalue weighted by atomic mass is 10.0. The van der Waals surface area contributed by atoms with Crippen molar-refractivity contribution in [3.05, 3.63) is 70.3 Å². The number of fused-ring (bicyclic) bond motifs is 1. The Balaban J connectivity index is 2.40. The van der Waals surface area contributed by atoms with E-state index < -0.39 is 39.7 Å². The summed E-state index contributed by atoms with van der Waals surface area (Å²) in [4.78, 5) is 46.6. The number of hydrogen-bond donors (Lipinski definition) is 3. The van der Waals surface area contributed by atoms with Crippen LogP contribution in [0.5, 0.6) is 5.75 Å². The number of non-ortho nitro benzene ring substituents is 1. The van der Waals surface area contributed by atoms with Crippen molar-refractivity contribution in [1.29, 1.82) is 0 Å². The van der Waals surface area contributed by atoms with Gasteiger partial charge in [-0.1, -0.05) is 18.2 Å². The van der Waals surface area contributed by atoms with Crippen LogP contribution in [0.3, 0.4) is 0 Å². The molecule has 3 aromatic carbocycles. The van der Waals surface area contributed by atoms with Crippen molar-refractivity contribution in [2.24, 2.45) is 0 Å². The minimum Gasteiger partial charge on any atom is -0.508 e. The van der Waals surface area contributed by atoms with E-state index in [9.17, 15) is 39.8 Å². The molecule has 146 valence electrons. The Hall–Kier alpha value is -4.47. The van der Waals surface area contributed by atoms with Crippen molar-refractivity contribution in [2.75, 3.05) is 4.90 Å². The molecular formula is C19H12N2O8. The molecule has 0 heterocycles. The van der Waals surface area contributed by atoms with E-state index in [1.54, 1.807) is 6.07 Å². The molecule has 0 spiro atoms. The maximum Gasteiger partial charge on any atom is 0.395 e. The number of carboxylic acid groups (broad SMARTS) is 2. The first kappa shape index (κ1) is 19.3. The highest BCUT2D eigenvalue weighted by Crippen LogP contribution is 2.37. The van der Waals surface area contributed by atoms with Crippen molar-refractivity contribution in [3.63, 3.8) is 0 Å². The number of anilines is 2. The number of benzene rings is 3. The molecule has 0 aromatic heterocycles. The van der Waals surface area contributed by atoms with E-state index >= 15 is 0 Å². The molecule has 0 radical (unpaired) electrons. The average molecular weight is 396 g/mol. The molecule has 0 atom stereocenters. The van der Waals surface area contributed by atoms with Crippen LogP contribution in [-0.2, 0) is 9.59 Å². The van der Waals surface area contributed by atoms with Gasteiger partial charge in [0.1, 0.15) is 5.75 Å². The van der Waals surface area contributed by atoms with E-state index in [2.05, 4.69) is 0 Å². The normalized spacial score (nSPS) is 10.5. The van der Waals surface area contributed by atoms with Crippen LogP contribution in [0.4, 0.5) is 17.1 Å². The number of carbonyl (C=O) groups is 3. The summed E-state index contributed by atoms with van der Waals surface area (Å²) >= 11 is 0. The van der Waals surface area contributed by atoms with Crippen LogP contribution in [-0.4, -0.2) is 38.1 Å². The molecule has 1 amide bonds. The summed E-state index contributed by atoms with van der Waals surface area (Å²) in [5.74, 6) is -5.11. The molecule has 0 bridgehead atoms. The van der Waals surface area contributed by atoms with Gasteiger partial charge in [-0.05, 0) is 29.7 Å². The van der Waals surface area contributed by atoms with Crippen molar-refractivity contribution < 1.29 is 34.6 Å². The van der Waals surface area contributed by atoms with E-state index in [4.69, 9.17) is 0 Å². The third-order valence-corrected chi connectivity index (χ3v) is 4.13. The van der Waals surface area contributed by atoms with Gasteiger partial charge in [-0.2, -0.15) is 0 Å². The number of aromatic carboxylic acids is 1. The Kier molecular flexibility index (Phi) is 4.84. The molecule has 0 aliphatic rings. The Morgan fingerprint density at radius 3 is 2.28 bits per heavy atom. The van der Waals surface area contributed by atoms with Crippen LogP contribution in [0.25, 0.3) is 10.8 Å². The molecule has 0 saturated heterocycles. The van der Waals surface area contributed by atoms with Gasteiger partial charge in [0.2, 0.25) is 0 Å². The van der Waals surface area contributed by atoms with E-state index in [0.717, 1.165) is 18.2 Å². The Morgan fingerprint density at radius 1 is 0.931 bits per heavy atom. The molecule has 3 N–H and O–H groups in total. The minimum absolute atomic E-state index is 0.0613. The Labute approximate surface area is 162 Å². The highest BCUT2D eigenvalue weighted by Gasteiger charge is 2.30. The molecule has 0 unspecified atom stereocenters. The van der Waals surface area contributed by atoms with E-state index in [-0.39, 0.29) is 16.8 Å². The number of phenolic OH excluding ortho intramolecular Hbond substituents is 1. The van der Waals surface area contributed by atoms with Gasteiger partial charge in [-0.3, -0.25) is 19.8 Å². The van der Waals surface area contributed by atoms with Gasteiger partial charge >= 0.3 is 17.8 Å². The first-order valence-corrected chi connectivity index (χ1v) is 8.01. The number of phenols is 1. The molecule has 10 heteroatoms. The molecule has 29 heavy (non-hydrogen) atoms. The molecule has 0 aliphatic heterocycles. The highest BCUT2D eigenvalue weighted by molar-refractivity contribution is 6.40. The number of carbonyl (C=O) groups excluding carboxylic acids is 1. The summed E-state index contributed by atoms with van der Waals surface area (Å²) in [6, 6.07) is 11.3. The fraction of sp³-hybridized carbons (Fsp3) is 0. The molecular weight excluding hydrogens is 384 g/mol. The van der Waals surface area contributed by atoms with Crippen molar-refractivity contribution in [2.45, 2.75) is 0 Å². The first-order valence-electron chi connectivity index (χ1n) is 8.01. The lowest BCUT2D eigenvalue weighted by molar-refractivity contribution is -0.384. The number of hydrogen-bond acceptors (Lipinski definition) is 6. The second-order valence-corrected chi connectivity index (χ2v) is 5.89. The monoisotopic (exact) mass is 396 g/mol. The zero-order valence-electron chi connectivity index (χ0n) is 14.5. The van der Waals surface area contributed by atoms with Gasteiger partial charge in [-0.15, -0.1) is 0 Å². The fourth-order valence-corrected chi connectivity index (χ4v) is 2.88.